The number of pyridine rings is 1. The van der Waals surface area contributed by atoms with Crippen molar-refractivity contribution in [1.82, 2.24) is 15.2 Å². The van der Waals surface area contributed by atoms with Gasteiger partial charge in [-0.05, 0) is 36.2 Å². The standard InChI is InChI=1S/C20H23N3O3/c1-26-18-7-5-15(6-8-18)9-11-22-20(25)16-12-19(24)23(13-16)14-17-4-2-3-10-21-17/h2-8,10,16H,9,11-14H2,1H3,(H,22,25). The zero-order chi connectivity index (χ0) is 18.4. The van der Waals surface area contributed by atoms with Gasteiger partial charge in [0.1, 0.15) is 5.75 Å². The molecule has 0 radical (unpaired) electrons. The van der Waals surface area contributed by atoms with Crippen molar-refractivity contribution in [3.05, 3.63) is 59.9 Å². The van der Waals surface area contributed by atoms with Gasteiger partial charge in [0.15, 0.2) is 0 Å². The van der Waals surface area contributed by atoms with Crippen molar-refractivity contribution in [2.75, 3.05) is 20.2 Å². The molecule has 0 bridgehead atoms. The third kappa shape index (κ3) is 4.59. The largest absolute Gasteiger partial charge is 0.497 e. The van der Waals surface area contributed by atoms with Gasteiger partial charge in [-0.15, -0.1) is 0 Å². The van der Waals surface area contributed by atoms with E-state index in [1.807, 2.05) is 42.5 Å². The summed E-state index contributed by atoms with van der Waals surface area (Å²) in [4.78, 5) is 30.5. The van der Waals surface area contributed by atoms with Crippen LogP contribution < -0.4 is 10.1 Å². The molecule has 3 rings (SSSR count). The van der Waals surface area contributed by atoms with Crippen LogP contribution in [0.3, 0.4) is 0 Å². The average molecular weight is 353 g/mol. The molecule has 2 aromatic rings. The van der Waals surface area contributed by atoms with Crippen molar-refractivity contribution in [2.45, 2.75) is 19.4 Å². The number of ether oxygens (including phenoxy) is 1. The number of hydrogen-bond acceptors (Lipinski definition) is 4. The van der Waals surface area contributed by atoms with Crippen molar-refractivity contribution in [3.8, 4) is 5.75 Å². The number of amides is 2. The summed E-state index contributed by atoms with van der Waals surface area (Å²) in [7, 11) is 1.63. The van der Waals surface area contributed by atoms with Crippen LogP contribution in [-0.2, 0) is 22.6 Å². The Bertz CT molecular complexity index is 747. The number of aromatic nitrogens is 1. The lowest BCUT2D eigenvalue weighted by atomic mass is 10.1. The summed E-state index contributed by atoms with van der Waals surface area (Å²) < 4.78 is 5.13. The molecule has 1 aliphatic rings. The van der Waals surface area contributed by atoms with Gasteiger partial charge in [-0.25, -0.2) is 0 Å². The quantitative estimate of drug-likeness (QED) is 0.824. The minimum atomic E-state index is -0.290. The maximum absolute atomic E-state index is 12.4. The minimum absolute atomic E-state index is 0.00552. The highest BCUT2D eigenvalue weighted by Crippen LogP contribution is 2.20. The summed E-state index contributed by atoms with van der Waals surface area (Å²) in [6.45, 7) is 1.45. The number of benzene rings is 1. The zero-order valence-corrected chi connectivity index (χ0v) is 14.9. The van der Waals surface area contributed by atoms with Crippen molar-refractivity contribution in [2.24, 2.45) is 5.92 Å². The fourth-order valence-electron chi connectivity index (χ4n) is 3.05. The monoisotopic (exact) mass is 353 g/mol. The average Bonchev–Trinajstić information content (AvgIpc) is 3.04. The van der Waals surface area contributed by atoms with Gasteiger partial charge >= 0.3 is 0 Å². The van der Waals surface area contributed by atoms with Crippen LogP contribution in [0.5, 0.6) is 5.75 Å². The lowest BCUT2D eigenvalue weighted by Gasteiger charge is -2.16. The van der Waals surface area contributed by atoms with Crippen LogP contribution in [0.25, 0.3) is 0 Å². The van der Waals surface area contributed by atoms with Gasteiger partial charge in [-0.2, -0.15) is 0 Å². The molecule has 2 amide bonds. The van der Waals surface area contributed by atoms with Crippen LogP contribution in [-0.4, -0.2) is 41.9 Å². The van der Waals surface area contributed by atoms with Gasteiger partial charge in [-0.1, -0.05) is 18.2 Å². The number of nitrogens with one attached hydrogen (secondary N) is 1. The summed E-state index contributed by atoms with van der Waals surface area (Å²) in [6, 6.07) is 13.4. The Hall–Kier alpha value is -2.89. The Morgan fingerprint density at radius 3 is 2.77 bits per heavy atom. The van der Waals surface area contributed by atoms with Crippen molar-refractivity contribution in [1.29, 1.82) is 0 Å². The van der Waals surface area contributed by atoms with Crippen LogP contribution >= 0.6 is 0 Å². The lowest BCUT2D eigenvalue weighted by molar-refractivity contribution is -0.129. The normalized spacial score (nSPS) is 16.6. The zero-order valence-electron chi connectivity index (χ0n) is 14.9. The van der Waals surface area contributed by atoms with Gasteiger partial charge in [-0.3, -0.25) is 14.6 Å². The summed E-state index contributed by atoms with van der Waals surface area (Å²) in [5.74, 6) is 0.471. The van der Waals surface area contributed by atoms with Crippen LogP contribution in [0.4, 0.5) is 0 Å². The van der Waals surface area contributed by atoms with E-state index in [0.29, 0.717) is 19.6 Å². The SMILES string of the molecule is COc1ccc(CCNC(=O)C2CC(=O)N(Cc3ccccn3)C2)cc1. The number of hydrogen-bond donors (Lipinski definition) is 1. The second-order valence-corrected chi connectivity index (χ2v) is 6.39. The Balaban J connectivity index is 1.45. The Labute approximate surface area is 153 Å². The van der Waals surface area contributed by atoms with Crippen LogP contribution in [0.15, 0.2) is 48.7 Å². The van der Waals surface area contributed by atoms with E-state index in [-0.39, 0.29) is 24.2 Å². The minimum Gasteiger partial charge on any atom is -0.497 e. The highest BCUT2D eigenvalue weighted by Gasteiger charge is 2.34. The third-order valence-electron chi connectivity index (χ3n) is 4.54. The van der Waals surface area contributed by atoms with E-state index >= 15 is 0 Å². The van der Waals surface area contributed by atoms with E-state index in [0.717, 1.165) is 23.4 Å². The smallest absolute Gasteiger partial charge is 0.225 e. The molecule has 0 aliphatic carbocycles. The molecule has 1 aliphatic heterocycles. The summed E-state index contributed by atoms with van der Waals surface area (Å²) in [5, 5.41) is 2.94. The summed E-state index contributed by atoms with van der Waals surface area (Å²) in [6.07, 6.45) is 2.72. The fourth-order valence-corrected chi connectivity index (χ4v) is 3.05. The molecule has 136 valence electrons. The second-order valence-electron chi connectivity index (χ2n) is 6.39. The first-order chi connectivity index (χ1) is 12.7. The number of methoxy groups -OCH3 is 1. The number of rotatable bonds is 7. The maximum Gasteiger partial charge on any atom is 0.225 e. The molecule has 6 heteroatoms. The Morgan fingerprint density at radius 1 is 1.27 bits per heavy atom. The van der Waals surface area contributed by atoms with Gasteiger partial charge in [0.25, 0.3) is 0 Å². The molecular formula is C20H23N3O3. The van der Waals surface area contributed by atoms with E-state index in [1.165, 1.54) is 0 Å². The highest BCUT2D eigenvalue weighted by atomic mass is 16.5. The first-order valence-corrected chi connectivity index (χ1v) is 8.74. The maximum atomic E-state index is 12.4. The molecule has 6 nitrogen and oxygen atoms in total. The molecule has 1 aromatic heterocycles. The number of likely N-dealkylation sites (tertiary alicyclic amines) is 1. The van der Waals surface area contributed by atoms with Crippen molar-refractivity contribution in [3.63, 3.8) is 0 Å². The summed E-state index contributed by atoms with van der Waals surface area (Å²) >= 11 is 0. The fraction of sp³-hybridized carbons (Fsp3) is 0.350. The Morgan fingerprint density at radius 2 is 2.08 bits per heavy atom. The van der Waals surface area contributed by atoms with Crippen LogP contribution in [0, 0.1) is 5.92 Å². The van der Waals surface area contributed by atoms with Crippen molar-refractivity contribution < 1.29 is 14.3 Å². The van der Waals surface area contributed by atoms with E-state index < -0.39 is 0 Å². The molecule has 2 heterocycles. The molecule has 1 N–H and O–H groups in total. The first-order valence-electron chi connectivity index (χ1n) is 8.74. The van der Waals surface area contributed by atoms with E-state index in [9.17, 15) is 9.59 Å². The Kier molecular flexibility index (Phi) is 5.84. The molecule has 26 heavy (non-hydrogen) atoms. The number of nitrogens with zero attached hydrogens (tertiary/aromatic N) is 2. The molecule has 1 unspecified atom stereocenters. The topological polar surface area (TPSA) is 71.5 Å². The van der Waals surface area contributed by atoms with Crippen LogP contribution in [0.1, 0.15) is 17.7 Å². The van der Waals surface area contributed by atoms with Crippen molar-refractivity contribution >= 4 is 11.8 Å². The molecule has 0 spiro atoms. The van der Waals surface area contributed by atoms with E-state index in [1.54, 1.807) is 18.2 Å². The predicted molar refractivity (Wildman–Crippen MR) is 97.5 cm³/mol. The molecule has 1 aromatic carbocycles. The second kappa shape index (κ2) is 8.47. The van der Waals surface area contributed by atoms with Gasteiger partial charge in [0.2, 0.25) is 11.8 Å². The third-order valence-corrected chi connectivity index (χ3v) is 4.54. The predicted octanol–water partition coefficient (Wildman–Crippen LogP) is 1.80. The number of carbonyl (C=O) groups is 2. The highest BCUT2D eigenvalue weighted by molar-refractivity contribution is 5.89. The molecule has 1 saturated heterocycles. The molecule has 1 atom stereocenters. The number of carbonyl (C=O) groups excluding carboxylic acids is 2. The van der Waals surface area contributed by atoms with E-state index in [2.05, 4.69) is 10.3 Å². The lowest BCUT2D eigenvalue weighted by Crippen LogP contribution is -2.34. The van der Waals surface area contributed by atoms with Crippen LogP contribution in [0.2, 0.25) is 0 Å². The summed E-state index contributed by atoms with van der Waals surface area (Å²) in [5.41, 5.74) is 1.96. The molecular weight excluding hydrogens is 330 g/mol. The van der Waals surface area contributed by atoms with Gasteiger partial charge < -0.3 is 15.0 Å². The molecule has 0 saturated carbocycles. The van der Waals surface area contributed by atoms with Gasteiger partial charge in [0, 0.05) is 25.7 Å². The van der Waals surface area contributed by atoms with Gasteiger partial charge in [0.05, 0.1) is 25.3 Å². The van der Waals surface area contributed by atoms with E-state index in [4.69, 9.17) is 4.74 Å². The first kappa shape index (κ1) is 17.9. The molecule has 1 fully saturated rings.